The lowest BCUT2D eigenvalue weighted by atomic mass is 9.97. The fourth-order valence-corrected chi connectivity index (χ4v) is 1.60. The summed E-state index contributed by atoms with van der Waals surface area (Å²) in [5.41, 5.74) is 2.05. The van der Waals surface area contributed by atoms with Crippen molar-refractivity contribution in [2.75, 3.05) is 11.9 Å². The second-order valence-corrected chi connectivity index (χ2v) is 6.24. The van der Waals surface area contributed by atoms with Crippen LogP contribution in [-0.4, -0.2) is 18.5 Å². The first-order chi connectivity index (χ1) is 8.44. The van der Waals surface area contributed by atoms with E-state index < -0.39 is 0 Å². The van der Waals surface area contributed by atoms with Crippen molar-refractivity contribution in [1.82, 2.24) is 5.32 Å². The van der Waals surface area contributed by atoms with Crippen LogP contribution in [0, 0.1) is 5.41 Å². The predicted octanol–water partition coefficient (Wildman–Crippen LogP) is 3.04. The molecule has 3 heteroatoms. The third-order valence-electron chi connectivity index (χ3n) is 2.88. The standard InChI is InChI=1S/C15H22N2O/c1-15(2,3)10-16-12-6-4-11(5-7-12)14(18)17-13-8-9-13/h4-7,13,16H,8-10H2,1-3H3,(H,17,18). The first kappa shape index (κ1) is 12.9. The molecule has 0 unspecified atom stereocenters. The second-order valence-electron chi connectivity index (χ2n) is 6.24. The number of benzene rings is 1. The summed E-state index contributed by atoms with van der Waals surface area (Å²) in [6, 6.07) is 8.10. The summed E-state index contributed by atoms with van der Waals surface area (Å²) < 4.78 is 0. The molecule has 0 aliphatic heterocycles. The van der Waals surface area contributed by atoms with Crippen molar-refractivity contribution >= 4 is 11.6 Å². The van der Waals surface area contributed by atoms with E-state index in [2.05, 4.69) is 31.4 Å². The Morgan fingerprint density at radius 2 is 1.83 bits per heavy atom. The largest absolute Gasteiger partial charge is 0.385 e. The molecule has 1 aliphatic carbocycles. The van der Waals surface area contributed by atoms with E-state index in [4.69, 9.17) is 0 Å². The lowest BCUT2D eigenvalue weighted by molar-refractivity contribution is 0.0951. The van der Waals surface area contributed by atoms with Crippen LogP contribution >= 0.6 is 0 Å². The Balaban J connectivity index is 1.90. The molecule has 3 nitrogen and oxygen atoms in total. The van der Waals surface area contributed by atoms with E-state index in [9.17, 15) is 4.79 Å². The van der Waals surface area contributed by atoms with E-state index in [1.165, 1.54) is 0 Å². The van der Waals surface area contributed by atoms with Crippen molar-refractivity contribution in [3.63, 3.8) is 0 Å². The van der Waals surface area contributed by atoms with Crippen LogP contribution in [0.1, 0.15) is 44.0 Å². The van der Waals surface area contributed by atoms with Crippen LogP contribution in [-0.2, 0) is 0 Å². The van der Waals surface area contributed by atoms with Gasteiger partial charge in [-0.05, 0) is 42.5 Å². The van der Waals surface area contributed by atoms with Crippen LogP contribution in [0.15, 0.2) is 24.3 Å². The molecule has 0 saturated heterocycles. The molecule has 18 heavy (non-hydrogen) atoms. The van der Waals surface area contributed by atoms with E-state index in [-0.39, 0.29) is 11.3 Å². The smallest absolute Gasteiger partial charge is 0.251 e. The molecule has 0 heterocycles. The van der Waals surface area contributed by atoms with Crippen LogP contribution in [0.4, 0.5) is 5.69 Å². The van der Waals surface area contributed by atoms with Gasteiger partial charge >= 0.3 is 0 Å². The van der Waals surface area contributed by atoms with E-state index in [0.29, 0.717) is 6.04 Å². The van der Waals surface area contributed by atoms with Crippen molar-refractivity contribution in [1.29, 1.82) is 0 Å². The Morgan fingerprint density at radius 3 is 2.33 bits per heavy atom. The van der Waals surface area contributed by atoms with Crippen LogP contribution in [0.2, 0.25) is 0 Å². The molecule has 1 aromatic carbocycles. The lowest BCUT2D eigenvalue weighted by Crippen LogP contribution is -2.25. The van der Waals surface area contributed by atoms with Gasteiger partial charge in [0.2, 0.25) is 0 Å². The fourth-order valence-electron chi connectivity index (χ4n) is 1.60. The molecule has 1 saturated carbocycles. The summed E-state index contributed by atoms with van der Waals surface area (Å²) in [5.74, 6) is 0.0415. The number of carbonyl (C=O) groups excluding carboxylic acids is 1. The van der Waals surface area contributed by atoms with Gasteiger partial charge < -0.3 is 10.6 Å². The molecule has 0 aromatic heterocycles. The molecule has 1 fully saturated rings. The predicted molar refractivity (Wildman–Crippen MR) is 74.9 cm³/mol. The van der Waals surface area contributed by atoms with Crippen LogP contribution < -0.4 is 10.6 Å². The second kappa shape index (κ2) is 5.01. The summed E-state index contributed by atoms with van der Waals surface area (Å²) in [6.45, 7) is 7.49. The first-order valence-electron chi connectivity index (χ1n) is 6.59. The summed E-state index contributed by atoms with van der Waals surface area (Å²) in [7, 11) is 0. The topological polar surface area (TPSA) is 41.1 Å². The molecular weight excluding hydrogens is 224 g/mol. The van der Waals surface area contributed by atoms with Gasteiger partial charge in [0.25, 0.3) is 5.91 Å². The van der Waals surface area contributed by atoms with Gasteiger partial charge in [-0.1, -0.05) is 20.8 Å². The van der Waals surface area contributed by atoms with Crippen LogP contribution in [0.25, 0.3) is 0 Å². The fraction of sp³-hybridized carbons (Fsp3) is 0.533. The molecule has 0 bridgehead atoms. The third-order valence-corrected chi connectivity index (χ3v) is 2.88. The van der Waals surface area contributed by atoms with E-state index in [1.807, 2.05) is 24.3 Å². The summed E-state index contributed by atoms with van der Waals surface area (Å²) in [4.78, 5) is 11.8. The van der Waals surface area contributed by atoms with Crippen LogP contribution in [0.5, 0.6) is 0 Å². The van der Waals surface area contributed by atoms with Gasteiger partial charge in [-0.3, -0.25) is 4.79 Å². The maximum atomic E-state index is 11.8. The van der Waals surface area contributed by atoms with Crippen molar-refractivity contribution < 1.29 is 4.79 Å². The molecule has 1 aliphatic rings. The molecule has 0 spiro atoms. The zero-order chi connectivity index (χ0) is 13.2. The zero-order valence-electron chi connectivity index (χ0n) is 11.4. The van der Waals surface area contributed by atoms with Crippen LogP contribution in [0.3, 0.4) is 0 Å². The molecule has 0 atom stereocenters. The normalized spacial score (nSPS) is 15.3. The zero-order valence-corrected chi connectivity index (χ0v) is 11.4. The maximum absolute atomic E-state index is 11.8. The summed E-state index contributed by atoms with van der Waals surface area (Å²) >= 11 is 0. The molecule has 2 N–H and O–H groups in total. The minimum atomic E-state index is 0.0415. The Hall–Kier alpha value is -1.51. The minimum absolute atomic E-state index is 0.0415. The molecule has 1 amide bonds. The molecule has 2 rings (SSSR count). The number of amides is 1. The number of nitrogens with one attached hydrogen (secondary N) is 2. The number of anilines is 1. The monoisotopic (exact) mass is 246 g/mol. The Kier molecular flexibility index (Phi) is 3.60. The molecule has 98 valence electrons. The highest BCUT2D eigenvalue weighted by molar-refractivity contribution is 5.94. The van der Waals surface area contributed by atoms with Crippen molar-refractivity contribution in [3.8, 4) is 0 Å². The van der Waals surface area contributed by atoms with Crippen molar-refractivity contribution in [2.24, 2.45) is 5.41 Å². The minimum Gasteiger partial charge on any atom is -0.385 e. The average Bonchev–Trinajstić information content (AvgIpc) is 3.10. The number of carbonyl (C=O) groups is 1. The summed E-state index contributed by atoms with van der Waals surface area (Å²) in [5, 5.41) is 6.36. The highest BCUT2D eigenvalue weighted by Crippen LogP contribution is 2.20. The van der Waals surface area contributed by atoms with Gasteiger partial charge in [-0.25, -0.2) is 0 Å². The van der Waals surface area contributed by atoms with Gasteiger partial charge in [-0.15, -0.1) is 0 Å². The molecular formula is C15H22N2O. The maximum Gasteiger partial charge on any atom is 0.251 e. The number of hydrogen-bond acceptors (Lipinski definition) is 2. The van der Waals surface area contributed by atoms with Gasteiger partial charge in [0.05, 0.1) is 0 Å². The highest BCUT2D eigenvalue weighted by Gasteiger charge is 2.23. The average molecular weight is 246 g/mol. The third kappa shape index (κ3) is 4.06. The van der Waals surface area contributed by atoms with Gasteiger partial charge in [0.15, 0.2) is 0 Å². The number of hydrogen-bond donors (Lipinski definition) is 2. The first-order valence-corrected chi connectivity index (χ1v) is 6.59. The van der Waals surface area contributed by atoms with Gasteiger partial charge in [0, 0.05) is 23.8 Å². The van der Waals surface area contributed by atoms with Crippen molar-refractivity contribution in [3.05, 3.63) is 29.8 Å². The van der Waals surface area contributed by atoms with Gasteiger partial charge in [-0.2, -0.15) is 0 Å². The Bertz CT molecular complexity index is 413. The highest BCUT2D eigenvalue weighted by atomic mass is 16.1. The molecule has 1 aromatic rings. The molecule has 0 radical (unpaired) electrons. The number of rotatable bonds is 4. The van der Waals surface area contributed by atoms with E-state index >= 15 is 0 Å². The Labute approximate surface area is 109 Å². The van der Waals surface area contributed by atoms with E-state index in [0.717, 1.165) is 30.6 Å². The SMILES string of the molecule is CC(C)(C)CNc1ccc(C(=O)NC2CC2)cc1. The Morgan fingerprint density at radius 1 is 1.22 bits per heavy atom. The van der Waals surface area contributed by atoms with Gasteiger partial charge in [0.1, 0.15) is 0 Å². The van der Waals surface area contributed by atoms with E-state index in [1.54, 1.807) is 0 Å². The quantitative estimate of drug-likeness (QED) is 0.857. The summed E-state index contributed by atoms with van der Waals surface area (Å²) in [6.07, 6.45) is 2.24. The lowest BCUT2D eigenvalue weighted by Gasteiger charge is -2.19. The van der Waals surface area contributed by atoms with Crippen molar-refractivity contribution in [2.45, 2.75) is 39.7 Å².